The second kappa shape index (κ2) is 9.31. The van der Waals surface area contributed by atoms with E-state index in [0.29, 0.717) is 23.4 Å². The molecule has 7 nitrogen and oxygen atoms in total. The summed E-state index contributed by atoms with van der Waals surface area (Å²) in [7, 11) is -3.42. The number of rotatable bonds is 8. The number of hydrogen-bond donors (Lipinski definition) is 3. The maximum atomic E-state index is 12.3. The fourth-order valence-electron chi connectivity index (χ4n) is 2.64. The molecule has 8 heteroatoms. The molecule has 0 aliphatic carbocycles. The number of carbonyl (C=O) groups is 1. The first-order valence-electron chi connectivity index (χ1n) is 9.04. The number of aryl methyl sites for hydroxylation is 1. The van der Waals surface area contributed by atoms with Crippen LogP contribution < -0.4 is 15.8 Å². The number of amides is 1. The average molecular weight is 410 g/mol. The van der Waals surface area contributed by atoms with Crippen molar-refractivity contribution in [1.29, 1.82) is 0 Å². The van der Waals surface area contributed by atoms with Crippen molar-refractivity contribution >= 4 is 27.3 Å². The molecule has 2 aromatic carbocycles. The van der Waals surface area contributed by atoms with Crippen LogP contribution in [0.25, 0.3) is 0 Å². The summed E-state index contributed by atoms with van der Waals surface area (Å²) in [5.74, 6) is -0.302. The first-order chi connectivity index (χ1) is 13.9. The Bertz CT molecular complexity index is 1070. The molecule has 0 radical (unpaired) electrons. The van der Waals surface area contributed by atoms with Gasteiger partial charge in [0.2, 0.25) is 10.0 Å². The van der Waals surface area contributed by atoms with Crippen molar-refractivity contribution in [2.75, 3.05) is 16.8 Å². The Balaban J connectivity index is 1.53. The van der Waals surface area contributed by atoms with E-state index in [1.807, 2.05) is 6.07 Å². The van der Waals surface area contributed by atoms with Crippen molar-refractivity contribution < 1.29 is 13.2 Å². The summed E-state index contributed by atoms with van der Waals surface area (Å²) in [6.07, 6.45) is 3.70. The van der Waals surface area contributed by atoms with Crippen LogP contribution in [0.5, 0.6) is 0 Å². The minimum absolute atomic E-state index is 0.0162. The van der Waals surface area contributed by atoms with Gasteiger partial charge in [0.1, 0.15) is 0 Å². The third-order valence-electron chi connectivity index (χ3n) is 4.30. The molecule has 0 unspecified atom stereocenters. The number of nitrogens with one attached hydrogen (secondary N) is 2. The second-order valence-electron chi connectivity index (χ2n) is 6.49. The molecule has 0 aliphatic rings. The summed E-state index contributed by atoms with van der Waals surface area (Å²) in [5.41, 5.74) is 8.94. The number of nitrogens with zero attached hydrogens (tertiary/aromatic N) is 1. The lowest BCUT2D eigenvalue weighted by Crippen LogP contribution is -2.27. The highest BCUT2D eigenvalue weighted by Crippen LogP contribution is 2.18. The first-order valence-corrected chi connectivity index (χ1v) is 10.7. The van der Waals surface area contributed by atoms with E-state index >= 15 is 0 Å². The predicted octanol–water partition coefficient (Wildman–Crippen LogP) is 2.58. The Hall–Kier alpha value is -3.23. The van der Waals surface area contributed by atoms with E-state index in [2.05, 4.69) is 15.0 Å². The number of pyridine rings is 1. The molecule has 0 spiro atoms. The van der Waals surface area contributed by atoms with Gasteiger partial charge < -0.3 is 11.1 Å². The molecule has 1 amide bonds. The van der Waals surface area contributed by atoms with E-state index in [1.54, 1.807) is 67.0 Å². The molecule has 0 saturated heterocycles. The Morgan fingerprint density at radius 3 is 2.41 bits per heavy atom. The van der Waals surface area contributed by atoms with Crippen LogP contribution in [0.1, 0.15) is 21.5 Å². The van der Waals surface area contributed by atoms with Gasteiger partial charge >= 0.3 is 0 Å². The highest BCUT2D eigenvalue weighted by atomic mass is 32.2. The lowest BCUT2D eigenvalue weighted by Gasteiger charge is -2.09. The topological polar surface area (TPSA) is 114 Å². The molecule has 4 N–H and O–H groups in total. The minimum atomic E-state index is -3.42. The highest BCUT2D eigenvalue weighted by molar-refractivity contribution is 7.89. The largest absolute Gasteiger partial charge is 0.397 e. The van der Waals surface area contributed by atoms with Gasteiger partial charge in [-0.25, -0.2) is 13.1 Å². The van der Waals surface area contributed by atoms with Crippen molar-refractivity contribution in [3.63, 3.8) is 0 Å². The van der Waals surface area contributed by atoms with Gasteiger partial charge in [-0.15, -0.1) is 0 Å². The molecule has 0 aliphatic heterocycles. The number of hydrogen-bond acceptors (Lipinski definition) is 5. The molecular formula is C21H22N4O3S. The zero-order valence-electron chi connectivity index (χ0n) is 15.7. The lowest BCUT2D eigenvalue weighted by atomic mass is 10.1. The summed E-state index contributed by atoms with van der Waals surface area (Å²) in [6.45, 7) is 0.156. The Morgan fingerprint density at radius 1 is 0.966 bits per heavy atom. The van der Waals surface area contributed by atoms with Crippen LogP contribution in [0.2, 0.25) is 0 Å². The van der Waals surface area contributed by atoms with Gasteiger partial charge in [-0.2, -0.15) is 0 Å². The lowest BCUT2D eigenvalue weighted by molar-refractivity contribution is 0.102. The monoisotopic (exact) mass is 410 g/mol. The standard InChI is InChI=1S/C21H22N4O3S/c22-19-5-1-2-6-20(19)25-21(26)18-9-7-17(8-10-18)15-24-29(27,28)13-11-16-4-3-12-23-14-16/h1-10,12,14,24H,11,13,15,22H2,(H,25,26). The Labute approximate surface area is 170 Å². The fraction of sp³-hybridized carbons (Fsp3) is 0.143. The molecule has 29 heavy (non-hydrogen) atoms. The zero-order valence-corrected chi connectivity index (χ0v) is 16.5. The summed E-state index contributed by atoms with van der Waals surface area (Å²) >= 11 is 0. The smallest absolute Gasteiger partial charge is 0.255 e. The van der Waals surface area contributed by atoms with E-state index in [-0.39, 0.29) is 18.2 Å². The summed E-state index contributed by atoms with van der Waals surface area (Å²) in [4.78, 5) is 16.3. The van der Waals surface area contributed by atoms with Gasteiger partial charge in [0.15, 0.2) is 0 Å². The molecule has 0 fully saturated rings. The third kappa shape index (κ3) is 6.13. The number of aromatic nitrogens is 1. The maximum Gasteiger partial charge on any atom is 0.255 e. The molecule has 3 aromatic rings. The Morgan fingerprint density at radius 2 is 1.72 bits per heavy atom. The SMILES string of the molecule is Nc1ccccc1NC(=O)c1ccc(CNS(=O)(=O)CCc2cccnc2)cc1. The number of carbonyl (C=O) groups excluding carboxylic acids is 1. The number of nitrogens with two attached hydrogens (primary N) is 1. The molecule has 150 valence electrons. The van der Waals surface area contributed by atoms with Crippen molar-refractivity contribution in [3.8, 4) is 0 Å². The second-order valence-corrected chi connectivity index (χ2v) is 8.42. The Kier molecular flexibility index (Phi) is 6.58. The van der Waals surface area contributed by atoms with Gasteiger partial charge in [-0.05, 0) is 47.9 Å². The quantitative estimate of drug-likeness (QED) is 0.494. The van der Waals surface area contributed by atoms with Crippen LogP contribution in [0.15, 0.2) is 73.1 Å². The van der Waals surface area contributed by atoms with Crippen LogP contribution in [-0.4, -0.2) is 25.1 Å². The number of sulfonamides is 1. The average Bonchev–Trinajstić information content (AvgIpc) is 2.74. The van der Waals surface area contributed by atoms with E-state index < -0.39 is 10.0 Å². The molecule has 0 atom stereocenters. The molecule has 3 rings (SSSR count). The van der Waals surface area contributed by atoms with Crippen LogP contribution in [0, 0.1) is 0 Å². The minimum Gasteiger partial charge on any atom is -0.397 e. The van der Waals surface area contributed by atoms with Gasteiger partial charge in [0.05, 0.1) is 17.1 Å². The highest BCUT2D eigenvalue weighted by Gasteiger charge is 2.11. The van der Waals surface area contributed by atoms with Crippen molar-refractivity contribution in [2.45, 2.75) is 13.0 Å². The van der Waals surface area contributed by atoms with E-state index in [0.717, 1.165) is 11.1 Å². The number of benzene rings is 2. The van der Waals surface area contributed by atoms with Crippen LogP contribution >= 0.6 is 0 Å². The molecule has 0 bridgehead atoms. The van der Waals surface area contributed by atoms with Gasteiger partial charge in [0.25, 0.3) is 5.91 Å². The number of para-hydroxylation sites is 2. The molecule has 0 saturated carbocycles. The van der Waals surface area contributed by atoms with Gasteiger partial charge in [-0.3, -0.25) is 9.78 Å². The van der Waals surface area contributed by atoms with Crippen molar-refractivity contribution in [1.82, 2.24) is 9.71 Å². The fourth-order valence-corrected chi connectivity index (χ4v) is 3.68. The third-order valence-corrected chi connectivity index (χ3v) is 5.63. The summed E-state index contributed by atoms with van der Waals surface area (Å²) < 4.78 is 26.9. The van der Waals surface area contributed by atoms with Crippen LogP contribution in [0.4, 0.5) is 11.4 Å². The van der Waals surface area contributed by atoms with Crippen molar-refractivity contribution in [3.05, 3.63) is 89.7 Å². The molecule has 1 aromatic heterocycles. The number of nitrogen functional groups attached to an aromatic ring is 1. The molecular weight excluding hydrogens is 388 g/mol. The predicted molar refractivity (Wildman–Crippen MR) is 114 cm³/mol. The first kappa shape index (κ1) is 20.5. The maximum absolute atomic E-state index is 12.3. The number of anilines is 2. The normalized spacial score (nSPS) is 11.2. The van der Waals surface area contributed by atoms with E-state index in [1.165, 1.54) is 0 Å². The van der Waals surface area contributed by atoms with Crippen molar-refractivity contribution in [2.24, 2.45) is 0 Å². The van der Waals surface area contributed by atoms with Gasteiger partial charge in [-0.1, -0.05) is 30.3 Å². The van der Waals surface area contributed by atoms with E-state index in [4.69, 9.17) is 5.73 Å². The molecule has 1 heterocycles. The van der Waals surface area contributed by atoms with E-state index in [9.17, 15) is 13.2 Å². The summed E-state index contributed by atoms with van der Waals surface area (Å²) in [6, 6.07) is 17.4. The summed E-state index contributed by atoms with van der Waals surface area (Å²) in [5, 5.41) is 2.75. The van der Waals surface area contributed by atoms with Crippen LogP contribution in [0.3, 0.4) is 0 Å². The van der Waals surface area contributed by atoms with Crippen LogP contribution in [-0.2, 0) is 23.0 Å². The zero-order chi connectivity index (χ0) is 20.7. The van der Waals surface area contributed by atoms with Gasteiger partial charge in [0, 0.05) is 24.5 Å².